The molecule has 3 aromatic heterocycles. The molecule has 4 heteroatoms. The van der Waals surface area contributed by atoms with Crippen LogP contribution in [0.1, 0.15) is 25.0 Å². The fraction of sp³-hybridized carbons (Fsp3) is 0.0526. The lowest BCUT2D eigenvalue weighted by atomic mass is 9.82. The highest BCUT2D eigenvalue weighted by Crippen LogP contribution is 2.52. The van der Waals surface area contributed by atoms with Crippen LogP contribution in [0.3, 0.4) is 0 Å². The van der Waals surface area contributed by atoms with Crippen LogP contribution in [0.15, 0.2) is 197 Å². The molecule has 3 heterocycles. The molecule has 1 aliphatic rings. The molecule has 0 amide bonds. The third kappa shape index (κ3) is 5.16. The van der Waals surface area contributed by atoms with Crippen molar-refractivity contribution in [1.29, 1.82) is 0 Å². The molecule has 0 spiro atoms. The Hall–Kier alpha value is -7.40. The van der Waals surface area contributed by atoms with Gasteiger partial charge in [-0.2, -0.15) is 0 Å². The van der Waals surface area contributed by atoms with Crippen molar-refractivity contribution in [2.75, 3.05) is 4.90 Å². The fourth-order valence-electron chi connectivity index (χ4n) is 10.0. The minimum absolute atomic E-state index is 0.148. The van der Waals surface area contributed by atoms with Gasteiger partial charge in [0.1, 0.15) is 16.7 Å². The van der Waals surface area contributed by atoms with Gasteiger partial charge in [0.05, 0.1) is 5.69 Å². The zero-order valence-electron chi connectivity index (χ0n) is 33.6. The summed E-state index contributed by atoms with van der Waals surface area (Å²) in [5, 5.41) is 6.83. The van der Waals surface area contributed by atoms with E-state index in [4.69, 9.17) is 8.83 Å². The number of anilines is 3. The highest BCUT2D eigenvalue weighted by atomic mass is 32.1. The summed E-state index contributed by atoms with van der Waals surface area (Å²) in [5.41, 5.74) is 16.4. The molecule has 0 radical (unpaired) electrons. The second kappa shape index (κ2) is 12.8. The van der Waals surface area contributed by atoms with E-state index in [2.05, 4.69) is 207 Å². The number of thiophene rings is 1. The molecule has 0 N–H and O–H groups in total. The fourth-order valence-corrected chi connectivity index (χ4v) is 11.2. The summed E-state index contributed by atoms with van der Waals surface area (Å²) in [5.74, 6) is 0. The van der Waals surface area contributed by atoms with E-state index in [0.29, 0.717) is 0 Å². The zero-order valence-corrected chi connectivity index (χ0v) is 34.4. The summed E-state index contributed by atoms with van der Waals surface area (Å²) in [6, 6.07) is 68.1. The molecule has 0 aliphatic heterocycles. The van der Waals surface area contributed by atoms with Crippen molar-refractivity contribution in [3.63, 3.8) is 0 Å². The molecule has 12 aromatic rings. The number of nitrogens with zero attached hydrogens (tertiary/aromatic N) is 1. The van der Waals surface area contributed by atoms with Gasteiger partial charge in [-0.3, -0.25) is 0 Å². The average Bonchev–Trinajstić information content (AvgIpc) is 4.04. The summed E-state index contributed by atoms with van der Waals surface area (Å²) < 4.78 is 16.1. The zero-order chi connectivity index (χ0) is 40.4. The first-order valence-electron chi connectivity index (χ1n) is 20.9. The van der Waals surface area contributed by atoms with Crippen LogP contribution >= 0.6 is 11.3 Å². The molecule has 0 saturated carbocycles. The topological polar surface area (TPSA) is 29.5 Å². The van der Waals surface area contributed by atoms with E-state index in [9.17, 15) is 0 Å². The molecule has 0 bridgehead atoms. The van der Waals surface area contributed by atoms with Crippen molar-refractivity contribution in [3.8, 4) is 33.4 Å². The molecule has 61 heavy (non-hydrogen) atoms. The molecule has 0 atom stereocenters. The third-order valence-corrected chi connectivity index (χ3v) is 14.2. The van der Waals surface area contributed by atoms with Crippen molar-refractivity contribution >= 4 is 92.4 Å². The lowest BCUT2D eigenvalue weighted by Crippen LogP contribution is -2.16. The third-order valence-electron chi connectivity index (χ3n) is 13.1. The van der Waals surface area contributed by atoms with Gasteiger partial charge in [0.2, 0.25) is 0 Å². The Morgan fingerprint density at radius 2 is 1.03 bits per heavy atom. The van der Waals surface area contributed by atoms with E-state index in [1.54, 1.807) is 0 Å². The van der Waals surface area contributed by atoms with Crippen molar-refractivity contribution in [2.45, 2.75) is 19.3 Å². The normalized spacial score (nSPS) is 13.2. The number of benzene rings is 9. The number of para-hydroxylation sites is 1. The Kier molecular flexibility index (Phi) is 7.23. The predicted molar refractivity (Wildman–Crippen MR) is 257 cm³/mol. The van der Waals surface area contributed by atoms with Gasteiger partial charge in [0.15, 0.2) is 5.58 Å². The summed E-state index contributed by atoms with van der Waals surface area (Å²) in [7, 11) is 0. The number of fused-ring (bicyclic) bond motifs is 12. The lowest BCUT2D eigenvalue weighted by molar-refractivity contribution is 0.660. The smallest absolute Gasteiger partial charge is 0.159 e. The SMILES string of the molecule is CC1(C)c2ccccc2-c2ccc(N(c3ccc(-c4ccc5c(c4)sc4ccccc45)cc3)c3cccc4c3oc3cc5c(cc34)oc3ccc(-c4ccccc4)cc35)cc21. The molecule has 0 unspecified atom stereocenters. The van der Waals surface area contributed by atoms with E-state index in [1.165, 1.54) is 59.1 Å². The standard InChI is InChI=1S/C57H37NO2S/c1-57(2)48-16-8-6-13-40(48)41-27-25-39(31-49(41)57)58(38-23-19-35(20-24-38)37-21-26-43-42-14-7-9-18-54(42)61-55(43)30-37)50-17-10-15-44-46-32-52-47(33-53(46)60-56(44)50)45-29-36(22-28-51(45)59-52)34-11-4-3-5-12-34/h3-33H,1-2H3. The van der Waals surface area contributed by atoms with Gasteiger partial charge in [0, 0.05) is 58.5 Å². The van der Waals surface area contributed by atoms with Gasteiger partial charge < -0.3 is 13.7 Å². The number of rotatable bonds is 5. The van der Waals surface area contributed by atoms with Gasteiger partial charge >= 0.3 is 0 Å². The van der Waals surface area contributed by atoms with Crippen molar-refractivity contribution in [1.82, 2.24) is 0 Å². The predicted octanol–water partition coefficient (Wildman–Crippen LogP) is 17.0. The Morgan fingerprint density at radius 1 is 0.393 bits per heavy atom. The maximum atomic E-state index is 7.01. The van der Waals surface area contributed by atoms with E-state index < -0.39 is 0 Å². The van der Waals surface area contributed by atoms with Gasteiger partial charge in [-0.1, -0.05) is 135 Å². The Morgan fingerprint density at radius 3 is 1.92 bits per heavy atom. The van der Waals surface area contributed by atoms with Crippen LogP contribution in [0.5, 0.6) is 0 Å². The molecular weight excluding hydrogens is 763 g/mol. The minimum atomic E-state index is -0.148. The molecule has 0 saturated heterocycles. The van der Waals surface area contributed by atoms with Crippen LogP contribution in [0, 0.1) is 0 Å². The first-order chi connectivity index (χ1) is 30.0. The molecule has 9 aromatic carbocycles. The number of hydrogen-bond acceptors (Lipinski definition) is 4. The lowest BCUT2D eigenvalue weighted by Gasteiger charge is -2.28. The highest BCUT2D eigenvalue weighted by Gasteiger charge is 2.36. The van der Waals surface area contributed by atoms with Crippen LogP contribution in [0.4, 0.5) is 17.1 Å². The molecular formula is C57H37NO2S. The second-order valence-corrected chi connectivity index (χ2v) is 18.0. The summed E-state index contributed by atoms with van der Waals surface area (Å²) >= 11 is 1.86. The first-order valence-corrected chi connectivity index (χ1v) is 21.7. The van der Waals surface area contributed by atoms with Gasteiger partial charge in [-0.15, -0.1) is 11.3 Å². The van der Waals surface area contributed by atoms with Crippen LogP contribution in [0.2, 0.25) is 0 Å². The largest absolute Gasteiger partial charge is 0.456 e. The summed E-state index contributed by atoms with van der Waals surface area (Å²) in [6.45, 7) is 4.69. The van der Waals surface area contributed by atoms with Gasteiger partial charge in [0.25, 0.3) is 0 Å². The highest BCUT2D eigenvalue weighted by molar-refractivity contribution is 7.25. The van der Waals surface area contributed by atoms with E-state index in [-0.39, 0.29) is 5.41 Å². The molecule has 288 valence electrons. The van der Waals surface area contributed by atoms with Crippen molar-refractivity contribution in [2.24, 2.45) is 0 Å². The first kappa shape index (κ1) is 34.5. The van der Waals surface area contributed by atoms with Gasteiger partial charge in [-0.05, 0) is 111 Å². The second-order valence-electron chi connectivity index (χ2n) is 16.9. The maximum absolute atomic E-state index is 7.01. The van der Waals surface area contributed by atoms with E-state index >= 15 is 0 Å². The average molecular weight is 800 g/mol. The van der Waals surface area contributed by atoms with E-state index in [0.717, 1.165) is 66.5 Å². The van der Waals surface area contributed by atoms with Crippen LogP contribution < -0.4 is 4.90 Å². The molecule has 0 fully saturated rings. The minimum Gasteiger partial charge on any atom is -0.456 e. The monoisotopic (exact) mass is 799 g/mol. The summed E-state index contributed by atoms with van der Waals surface area (Å²) in [6.07, 6.45) is 0. The van der Waals surface area contributed by atoms with Crippen LogP contribution in [-0.4, -0.2) is 0 Å². The Bertz CT molecular complexity index is 3740. The molecule has 3 nitrogen and oxygen atoms in total. The van der Waals surface area contributed by atoms with Crippen molar-refractivity contribution in [3.05, 3.63) is 199 Å². The number of hydrogen-bond donors (Lipinski definition) is 0. The van der Waals surface area contributed by atoms with Crippen LogP contribution in [-0.2, 0) is 5.41 Å². The molecule has 1 aliphatic carbocycles. The Labute approximate surface area is 356 Å². The molecule has 13 rings (SSSR count). The van der Waals surface area contributed by atoms with E-state index in [1.807, 2.05) is 11.3 Å². The Balaban J connectivity index is 0.976. The van der Waals surface area contributed by atoms with Crippen LogP contribution in [0.25, 0.3) is 97.4 Å². The maximum Gasteiger partial charge on any atom is 0.159 e. The number of furan rings is 2. The van der Waals surface area contributed by atoms with Gasteiger partial charge in [-0.25, -0.2) is 0 Å². The summed E-state index contributed by atoms with van der Waals surface area (Å²) in [4.78, 5) is 2.37. The van der Waals surface area contributed by atoms with Crippen molar-refractivity contribution < 1.29 is 8.83 Å². The quantitative estimate of drug-likeness (QED) is 0.174.